The van der Waals surface area contributed by atoms with Crippen LogP contribution in [0.2, 0.25) is 0 Å². The largest absolute Gasteiger partial charge is 0.339 e. The predicted octanol–water partition coefficient (Wildman–Crippen LogP) is 3.55. The van der Waals surface area contributed by atoms with Crippen molar-refractivity contribution in [1.82, 2.24) is 14.5 Å². The maximum absolute atomic E-state index is 13.3. The maximum Gasteiger partial charge on any atom is 0.241 e. The van der Waals surface area contributed by atoms with Gasteiger partial charge in [0.25, 0.3) is 0 Å². The first-order valence-corrected chi connectivity index (χ1v) is 14.3. The zero-order valence-corrected chi connectivity index (χ0v) is 21.4. The summed E-state index contributed by atoms with van der Waals surface area (Å²) in [5.41, 5.74) is 2.61. The van der Waals surface area contributed by atoms with Gasteiger partial charge in [0.15, 0.2) is 0 Å². The van der Waals surface area contributed by atoms with Crippen LogP contribution in [-0.2, 0) is 21.4 Å². The zero-order valence-electron chi connectivity index (χ0n) is 19.7. The topological polar surface area (TPSA) is 69.7 Å². The third-order valence-corrected chi connectivity index (χ3v) is 8.13. The number of rotatable bonds is 10. The smallest absolute Gasteiger partial charge is 0.241 e. The van der Waals surface area contributed by atoms with Gasteiger partial charge in [-0.2, -0.15) is 16.5 Å². The number of nitrogens with zero attached hydrogens (tertiary/aromatic N) is 2. The number of sulfonamides is 1. The lowest BCUT2D eigenvalue weighted by Gasteiger charge is -2.36. The molecule has 3 rings (SSSR count). The normalized spacial score (nSPS) is 16.2. The molecule has 1 N–H and O–H groups in total. The second-order valence-corrected chi connectivity index (χ2v) is 11.5. The van der Waals surface area contributed by atoms with Gasteiger partial charge in [0, 0.05) is 32.7 Å². The summed E-state index contributed by atoms with van der Waals surface area (Å²) in [7, 11) is -3.75. The minimum Gasteiger partial charge on any atom is -0.339 e. The molecule has 1 fully saturated rings. The number of nitrogens with one attached hydrogen (secondary N) is 1. The first-order valence-electron chi connectivity index (χ1n) is 11.5. The number of benzene rings is 2. The van der Waals surface area contributed by atoms with Crippen LogP contribution in [0.4, 0.5) is 0 Å². The average molecular weight is 490 g/mol. The van der Waals surface area contributed by atoms with Crippen molar-refractivity contribution in [3.05, 3.63) is 65.7 Å². The van der Waals surface area contributed by atoms with Gasteiger partial charge < -0.3 is 4.90 Å². The molecule has 2 aromatic carbocycles. The van der Waals surface area contributed by atoms with Gasteiger partial charge >= 0.3 is 0 Å². The highest BCUT2D eigenvalue weighted by molar-refractivity contribution is 7.98. The number of hydrogen-bond donors (Lipinski definition) is 1. The van der Waals surface area contributed by atoms with Crippen LogP contribution in [0.25, 0.3) is 0 Å². The van der Waals surface area contributed by atoms with Gasteiger partial charge in [0.05, 0.1) is 4.90 Å². The van der Waals surface area contributed by atoms with Gasteiger partial charge in [-0.25, -0.2) is 8.42 Å². The van der Waals surface area contributed by atoms with Gasteiger partial charge in [-0.1, -0.05) is 56.3 Å². The predicted molar refractivity (Wildman–Crippen MR) is 136 cm³/mol. The summed E-state index contributed by atoms with van der Waals surface area (Å²) >= 11 is 1.61. The van der Waals surface area contributed by atoms with E-state index >= 15 is 0 Å². The van der Waals surface area contributed by atoms with Crippen LogP contribution in [0.5, 0.6) is 0 Å². The van der Waals surface area contributed by atoms with Gasteiger partial charge in [-0.05, 0) is 47.6 Å². The van der Waals surface area contributed by atoms with E-state index in [2.05, 4.69) is 47.7 Å². The van der Waals surface area contributed by atoms with E-state index in [-0.39, 0.29) is 10.8 Å². The van der Waals surface area contributed by atoms with E-state index in [1.54, 1.807) is 47.0 Å². The van der Waals surface area contributed by atoms with Crippen molar-refractivity contribution in [2.45, 2.75) is 43.7 Å². The fraction of sp³-hybridized carbons (Fsp3) is 0.480. The molecule has 0 aliphatic carbocycles. The molecule has 8 heteroatoms. The van der Waals surface area contributed by atoms with Gasteiger partial charge in [0.2, 0.25) is 15.9 Å². The molecule has 1 aliphatic rings. The summed E-state index contributed by atoms with van der Waals surface area (Å²) < 4.78 is 28.3. The fourth-order valence-corrected chi connectivity index (χ4v) is 5.65. The lowest BCUT2D eigenvalue weighted by molar-refractivity contribution is -0.134. The third kappa shape index (κ3) is 7.30. The monoisotopic (exact) mass is 489 g/mol. The Morgan fingerprint density at radius 3 is 2.21 bits per heavy atom. The van der Waals surface area contributed by atoms with Crippen LogP contribution in [0.3, 0.4) is 0 Å². The molecule has 1 unspecified atom stereocenters. The Bertz CT molecular complexity index is 987. The number of thioether (sulfide) groups is 1. The van der Waals surface area contributed by atoms with Crippen molar-refractivity contribution in [1.29, 1.82) is 0 Å². The molecule has 0 radical (unpaired) electrons. The molecular weight excluding hydrogens is 454 g/mol. The summed E-state index contributed by atoms with van der Waals surface area (Å²) in [6.45, 7) is 8.00. The van der Waals surface area contributed by atoms with Crippen molar-refractivity contribution < 1.29 is 13.2 Å². The van der Waals surface area contributed by atoms with Crippen LogP contribution in [-0.4, -0.2) is 68.4 Å². The summed E-state index contributed by atoms with van der Waals surface area (Å²) in [4.78, 5) is 17.6. The van der Waals surface area contributed by atoms with Crippen molar-refractivity contribution in [2.75, 3.05) is 38.2 Å². The van der Waals surface area contributed by atoms with E-state index in [0.29, 0.717) is 31.2 Å². The Hall–Kier alpha value is -1.87. The van der Waals surface area contributed by atoms with E-state index < -0.39 is 16.1 Å². The van der Waals surface area contributed by atoms with Crippen molar-refractivity contribution in [3.63, 3.8) is 0 Å². The molecule has 0 aromatic heterocycles. The van der Waals surface area contributed by atoms with Crippen molar-refractivity contribution in [2.24, 2.45) is 0 Å². The highest BCUT2D eigenvalue weighted by Gasteiger charge is 2.30. The number of hydrogen-bond acceptors (Lipinski definition) is 5. The Morgan fingerprint density at radius 2 is 1.64 bits per heavy atom. The third-order valence-electron chi connectivity index (χ3n) is 6.00. The van der Waals surface area contributed by atoms with Crippen molar-refractivity contribution in [3.8, 4) is 0 Å². The minimum absolute atomic E-state index is 0.135. The number of carbonyl (C=O) groups is 1. The van der Waals surface area contributed by atoms with E-state index in [1.807, 2.05) is 6.26 Å². The molecule has 180 valence electrons. The molecule has 1 saturated heterocycles. The summed E-state index contributed by atoms with van der Waals surface area (Å²) in [5.74, 6) is 1.09. The number of piperazine rings is 1. The Kier molecular flexibility index (Phi) is 9.37. The summed E-state index contributed by atoms with van der Waals surface area (Å²) in [5, 5.41) is 0. The van der Waals surface area contributed by atoms with Crippen LogP contribution in [0.1, 0.15) is 37.3 Å². The molecule has 33 heavy (non-hydrogen) atoms. The van der Waals surface area contributed by atoms with Gasteiger partial charge in [0.1, 0.15) is 6.04 Å². The summed E-state index contributed by atoms with van der Waals surface area (Å²) in [6, 6.07) is 16.2. The Morgan fingerprint density at radius 1 is 1.00 bits per heavy atom. The van der Waals surface area contributed by atoms with Crippen LogP contribution >= 0.6 is 11.8 Å². The second-order valence-electron chi connectivity index (χ2n) is 8.77. The van der Waals surface area contributed by atoms with E-state index in [9.17, 15) is 13.2 Å². The van der Waals surface area contributed by atoms with E-state index in [1.165, 1.54) is 11.1 Å². The van der Waals surface area contributed by atoms with Crippen LogP contribution < -0.4 is 4.72 Å². The minimum atomic E-state index is -3.75. The highest BCUT2D eigenvalue weighted by atomic mass is 32.2. The molecule has 1 amide bonds. The zero-order chi connectivity index (χ0) is 23.8. The SMILES string of the molecule is CSCCC(NS(=O)(=O)c1ccccc1)C(=O)N1CCN(Cc2ccc(C(C)C)cc2)CC1. The molecular formula is C25H35N3O3S2. The highest BCUT2D eigenvalue weighted by Crippen LogP contribution is 2.17. The molecule has 0 spiro atoms. The Balaban J connectivity index is 1.59. The first-order chi connectivity index (χ1) is 15.8. The second kappa shape index (κ2) is 12.0. The maximum atomic E-state index is 13.3. The van der Waals surface area contributed by atoms with Gasteiger partial charge in [-0.15, -0.1) is 0 Å². The van der Waals surface area contributed by atoms with Gasteiger partial charge in [-0.3, -0.25) is 9.69 Å². The Labute approximate surface area is 202 Å². The average Bonchev–Trinajstić information content (AvgIpc) is 2.82. The van der Waals surface area contributed by atoms with Crippen molar-refractivity contribution >= 4 is 27.7 Å². The molecule has 0 saturated carbocycles. The summed E-state index contributed by atoms with van der Waals surface area (Å²) in [6.07, 6.45) is 2.42. The van der Waals surface area contributed by atoms with E-state index in [4.69, 9.17) is 0 Å². The molecule has 2 aromatic rings. The molecule has 1 heterocycles. The van der Waals surface area contributed by atoms with Crippen LogP contribution in [0, 0.1) is 0 Å². The number of carbonyl (C=O) groups excluding carboxylic acids is 1. The first kappa shape index (κ1) is 25.7. The quantitative estimate of drug-likeness (QED) is 0.553. The number of amides is 1. The molecule has 6 nitrogen and oxygen atoms in total. The van der Waals surface area contributed by atoms with E-state index in [0.717, 1.165) is 19.6 Å². The fourth-order valence-electron chi connectivity index (χ4n) is 3.94. The molecule has 0 bridgehead atoms. The lowest BCUT2D eigenvalue weighted by atomic mass is 10.0. The van der Waals surface area contributed by atoms with Crippen LogP contribution in [0.15, 0.2) is 59.5 Å². The lowest BCUT2D eigenvalue weighted by Crippen LogP contribution is -2.54. The standard InChI is InChI=1S/C25H35N3O3S2/c1-20(2)22-11-9-21(10-12-22)19-27-14-16-28(17-15-27)25(29)24(13-18-32-3)26-33(30,31)23-7-5-4-6-8-23/h4-12,20,24,26H,13-19H2,1-3H3. The molecule has 1 aliphatic heterocycles. The molecule has 1 atom stereocenters.